The largest absolute Gasteiger partial charge is 0.351 e. The summed E-state index contributed by atoms with van der Waals surface area (Å²) in [5.74, 6) is -0.207. The van der Waals surface area contributed by atoms with Gasteiger partial charge >= 0.3 is 0 Å². The molecule has 1 rings (SSSR count). The fraction of sp³-hybridized carbons (Fsp3) is 0.462. The van der Waals surface area contributed by atoms with Crippen LogP contribution >= 0.6 is 0 Å². The molecule has 1 amide bonds. The molecular weight excluding hydrogens is 278 g/mol. The van der Waals surface area contributed by atoms with Crippen molar-refractivity contribution >= 4 is 21.6 Å². The molecule has 0 radical (unpaired) electrons. The SMILES string of the molecule is Cc1c(NS(C)(=O)=O)cccc1C(=O)NCCN(C)C. The fourth-order valence-electron chi connectivity index (χ4n) is 1.68. The Labute approximate surface area is 120 Å². The molecule has 112 valence electrons. The number of rotatable bonds is 6. The molecule has 6 nitrogen and oxygen atoms in total. The van der Waals surface area contributed by atoms with E-state index < -0.39 is 10.0 Å². The van der Waals surface area contributed by atoms with Crippen LogP contribution in [-0.4, -0.2) is 52.7 Å². The van der Waals surface area contributed by atoms with Crippen molar-refractivity contribution < 1.29 is 13.2 Å². The number of nitrogens with zero attached hydrogens (tertiary/aromatic N) is 1. The minimum atomic E-state index is -3.36. The molecule has 0 aliphatic heterocycles. The quantitative estimate of drug-likeness (QED) is 0.809. The van der Waals surface area contributed by atoms with Gasteiger partial charge in [0.2, 0.25) is 10.0 Å². The Hall–Kier alpha value is -1.60. The van der Waals surface area contributed by atoms with Crippen LogP contribution in [0.3, 0.4) is 0 Å². The number of hydrogen-bond acceptors (Lipinski definition) is 4. The number of sulfonamides is 1. The van der Waals surface area contributed by atoms with Crippen molar-refractivity contribution in [3.05, 3.63) is 29.3 Å². The average Bonchev–Trinajstić information content (AvgIpc) is 2.29. The monoisotopic (exact) mass is 299 g/mol. The topological polar surface area (TPSA) is 78.5 Å². The Morgan fingerprint density at radius 2 is 1.95 bits per heavy atom. The first-order valence-electron chi connectivity index (χ1n) is 6.21. The molecule has 0 saturated heterocycles. The van der Waals surface area contributed by atoms with E-state index in [0.717, 1.165) is 12.8 Å². The first-order chi connectivity index (χ1) is 9.20. The van der Waals surface area contributed by atoms with E-state index in [1.165, 1.54) is 0 Å². The Morgan fingerprint density at radius 1 is 1.30 bits per heavy atom. The number of nitrogens with one attached hydrogen (secondary N) is 2. The van der Waals surface area contributed by atoms with E-state index in [1.807, 2.05) is 19.0 Å². The minimum Gasteiger partial charge on any atom is -0.351 e. The van der Waals surface area contributed by atoms with Crippen molar-refractivity contribution in [2.75, 3.05) is 38.2 Å². The van der Waals surface area contributed by atoms with E-state index in [-0.39, 0.29) is 5.91 Å². The summed E-state index contributed by atoms with van der Waals surface area (Å²) in [4.78, 5) is 14.0. The molecule has 0 unspecified atom stereocenters. The van der Waals surface area contributed by atoms with Gasteiger partial charge in [-0.2, -0.15) is 0 Å². The van der Waals surface area contributed by atoms with E-state index in [1.54, 1.807) is 25.1 Å². The molecule has 2 N–H and O–H groups in total. The molecule has 0 saturated carbocycles. The number of hydrogen-bond donors (Lipinski definition) is 2. The van der Waals surface area contributed by atoms with Crippen molar-refractivity contribution in [3.63, 3.8) is 0 Å². The number of carbonyl (C=O) groups excluding carboxylic acids is 1. The summed E-state index contributed by atoms with van der Waals surface area (Å²) in [6.45, 7) is 3.00. The van der Waals surface area contributed by atoms with Gasteiger partial charge in [0.05, 0.1) is 11.9 Å². The third-order valence-electron chi connectivity index (χ3n) is 2.72. The summed E-state index contributed by atoms with van der Waals surface area (Å²) >= 11 is 0. The van der Waals surface area contributed by atoms with Crippen LogP contribution in [0, 0.1) is 6.92 Å². The molecule has 0 fully saturated rings. The summed E-state index contributed by atoms with van der Waals surface area (Å²) in [5.41, 5.74) is 1.51. The minimum absolute atomic E-state index is 0.207. The van der Waals surface area contributed by atoms with Crippen molar-refractivity contribution in [2.24, 2.45) is 0 Å². The maximum atomic E-state index is 12.1. The third kappa shape index (κ3) is 5.18. The Morgan fingerprint density at radius 3 is 2.50 bits per heavy atom. The highest BCUT2D eigenvalue weighted by molar-refractivity contribution is 7.92. The zero-order chi connectivity index (χ0) is 15.3. The van der Waals surface area contributed by atoms with Crippen LogP contribution in [0.4, 0.5) is 5.69 Å². The van der Waals surface area contributed by atoms with E-state index in [2.05, 4.69) is 10.0 Å². The highest BCUT2D eigenvalue weighted by atomic mass is 32.2. The molecule has 0 atom stereocenters. The number of likely N-dealkylation sites (N-methyl/N-ethyl adjacent to an activating group) is 1. The van der Waals surface area contributed by atoms with Gasteiger partial charge in [-0.15, -0.1) is 0 Å². The summed E-state index contributed by atoms with van der Waals surface area (Å²) in [5, 5.41) is 2.80. The lowest BCUT2D eigenvalue weighted by Gasteiger charge is -2.13. The van der Waals surface area contributed by atoms with Crippen molar-refractivity contribution in [1.29, 1.82) is 0 Å². The van der Waals surface area contributed by atoms with E-state index in [0.29, 0.717) is 23.4 Å². The molecule has 0 heterocycles. The summed E-state index contributed by atoms with van der Waals surface area (Å²) < 4.78 is 24.9. The zero-order valence-corrected chi connectivity index (χ0v) is 13.0. The molecule has 20 heavy (non-hydrogen) atoms. The zero-order valence-electron chi connectivity index (χ0n) is 12.2. The van der Waals surface area contributed by atoms with Crippen LogP contribution in [-0.2, 0) is 10.0 Å². The Bertz CT molecular complexity index is 583. The lowest BCUT2D eigenvalue weighted by molar-refractivity contribution is 0.0950. The van der Waals surface area contributed by atoms with Crippen LogP contribution in [0.1, 0.15) is 15.9 Å². The molecule has 0 aromatic heterocycles. The van der Waals surface area contributed by atoms with Crippen LogP contribution in [0.5, 0.6) is 0 Å². The van der Waals surface area contributed by atoms with Gasteiger partial charge in [-0.3, -0.25) is 9.52 Å². The number of anilines is 1. The van der Waals surface area contributed by atoms with Crippen LogP contribution in [0.2, 0.25) is 0 Å². The first kappa shape index (κ1) is 16.5. The van der Waals surface area contributed by atoms with E-state index in [4.69, 9.17) is 0 Å². The predicted octanol–water partition coefficient (Wildman–Crippen LogP) is 0.658. The van der Waals surface area contributed by atoms with E-state index in [9.17, 15) is 13.2 Å². The molecular formula is C13H21N3O3S. The van der Waals surface area contributed by atoms with Crippen LogP contribution < -0.4 is 10.0 Å². The van der Waals surface area contributed by atoms with Gasteiger partial charge in [-0.05, 0) is 38.7 Å². The maximum Gasteiger partial charge on any atom is 0.251 e. The van der Waals surface area contributed by atoms with Gasteiger partial charge in [-0.25, -0.2) is 8.42 Å². The average molecular weight is 299 g/mol. The third-order valence-corrected chi connectivity index (χ3v) is 3.31. The van der Waals surface area contributed by atoms with Gasteiger partial charge < -0.3 is 10.2 Å². The Balaban J connectivity index is 2.85. The maximum absolute atomic E-state index is 12.1. The second-order valence-electron chi connectivity index (χ2n) is 4.91. The first-order valence-corrected chi connectivity index (χ1v) is 8.10. The lowest BCUT2D eigenvalue weighted by Crippen LogP contribution is -2.31. The second-order valence-corrected chi connectivity index (χ2v) is 6.66. The number of carbonyl (C=O) groups is 1. The molecule has 0 aliphatic rings. The lowest BCUT2D eigenvalue weighted by atomic mass is 10.1. The predicted molar refractivity (Wildman–Crippen MR) is 80.5 cm³/mol. The smallest absolute Gasteiger partial charge is 0.251 e. The highest BCUT2D eigenvalue weighted by Gasteiger charge is 2.13. The fourth-order valence-corrected chi connectivity index (χ4v) is 2.30. The van der Waals surface area contributed by atoms with Crippen LogP contribution in [0.25, 0.3) is 0 Å². The van der Waals surface area contributed by atoms with Crippen molar-refractivity contribution in [3.8, 4) is 0 Å². The van der Waals surface area contributed by atoms with Gasteiger partial charge in [0.15, 0.2) is 0 Å². The van der Waals surface area contributed by atoms with Gasteiger partial charge in [0.1, 0.15) is 0 Å². The van der Waals surface area contributed by atoms with E-state index >= 15 is 0 Å². The summed E-state index contributed by atoms with van der Waals surface area (Å²) in [7, 11) is 0.491. The van der Waals surface area contributed by atoms with Crippen LogP contribution in [0.15, 0.2) is 18.2 Å². The molecule has 0 bridgehead atoms. The summed E-state index contributed by atoms with van der Waals surface area (Å²) in [6, 6.07) is 4.96. The second kappa shape index (κ2) is 6.71. The standard InChI is InChI=1S/C13H21N3O3S/c1-10-11(13(17)14-8-9-16(2)3)6-5-7-12(10)15-20(4,18)19/h5-7,15H,8-9H2,1-4H3,(H,14,17). The molecule has 1 aromatic carbocycles. The molecule has 1 aromatic rings. The van der Waals surface area contributed by atoms with Gasteiger partial charge in [-0.1, -0.05) is 6.07 Å². The van der Waals surface area contributed by atoms with Crippen molar-refractivity contribution in [1.82, 2.24) is 10.2 Å². The molecule has 0 aliphatic carbocycles. The van der Waals surface area contributed by atoms with Gasteiger partial charge in [0.25, 0.3) is 5.91 Å². The normalized spacial score (nSPS) is 11.4. The Kier molecular flexibility index (Phi) is 5.52. The van der Waals surface area contributed by atoms with Gasteiger partial charge in [0, 0.05) is 18.7 Å². The number of amides is 1. The molecule has 0 spiro atoms. The molecule has 7 heteroatoms. The van der Waals surface area contributed by atoms with Crippen molar-refractivity contribution in [2.45, 2.75) is 6.92 Å². The number of benzene rings is 1. The highest BCUT2D eigenvalue weighted by Crippen LogP contribution is 2.19. The summed E-state index contributed by atoms with van der Waals surface area (Å²) in [6.07, 6.45) is 1.08.